The Kier molecular flexibility index (Phi) is 4.91. The first kappa shape index (κ1) is 22.4. The summed E-state index contributed by atoms with van der Waals surface area (Å²) < 4.78 is 8.24. The lowest BCUT2D eigenvalue weighted by Gasteiger charge is -2.14. The molecule has 0 bridgehead atoms. The van der Waals surface area contributed by atoms with Crippen LogP contribution in [-0.2, 0) is 0 Å². The van der Waals surface area contributed by atoms with Crippen molar-refractivity contribution in [3.05, 3.63) is 128 Å². The highest BCUT2D eigenvalue weighted by atomic mass is 16.3. The van der Waals surface area contributed by atoms with E-state index in [1.165, 1.54) is 10.8 Å². The van der Waals surface area contributed by atoms with Crippen LogP contribution in [0.25, 0.3) is 60.7 Å². The Morgan fingerprint density at radius 3 is 2.12 bits per heavy atom. The molecule has 3 heterocycles. The first-order valence-electron chi connectivity index (χ1n) is 13.2. The van der Waals surface area contributed by atoms with Gasteiger partial charge in [-0.15, -0.1) is 0 Å². The number of furan rings is 1. The third-order valence-electron chi connectivity index (χ3n) is 7.53. The third kappa shape index (κ3) is 3.45. The lowest BCUT2D eigenvalue weighted by Crippen LogP contribution is -1.98. The number of nitrogens with one attached hydrogen (secondary N) is 1. The topological polar surface area (TPSA) is 63.2 Å². The lowest BCUT2D eigenvalue weighted by atomic mass is 10.1. The largest absolute Gasteiger partial charge is 0.506 e. The van der Waals surface area contributed by atoms with Gasteiger partial charge in [0.15, 0.2) is 0 Å². The predicted octanol–water partition coefficient (Wildman–Crippen LogP) is 9.19. The fourth-order valence-corrected chi connectivity index (χ4v) is 5.74. The number of pyridine rings is 1. The zero-order valence-electron chi connectivity index (χ0n) is 21.4. The quantitative estimate of drug-likeness (QED) is 0.228. The number of rotatable bonds is 4. The summed E-state index contributed by atoms with van der Waals surface area (Å²) in [6.07, 6.45) is 1.79. The van der Waals surface area contributed by atoms with E-state index in [9.17, 15) is 5.11 Å². The maximum atomic E-state index is 10.9. The molecule has 0 aliphatic heterocycles. The van der Waals surface area contributed by atoms with E-state index in [1.54, 1.807) is 12.3 Å². The van der Waals surface area contributed by atoms with Crippen LogP contribution in [0.1, 0.15) is 0 Å². The van der Waals surface area contributed by atoms with Crippen LogP contribution >= 0.6 is 0 Å². The summed E-state index contributed by atoms with van der Waals surface area (Å²) in [5.41, 5.74) is 7.96. The first-order valence-corrected chi connectivity index (χ1v) is 13.2. The molecule has 40 heavy (non-hydrogen) atoms. The standard InChI is InChI=1S/C35H23N3O2/c39-32-21-34-27(26-13-3-6-17-33(26)40-34)20-29(32)37-28-14-8-18-36-35(28)22-9-7-10-23(19-22)38-30-15-4-1-11-24(30)25-12-2-5-16-31(25)38/h1-21,37,39H. The third-order valence-corrected chi connectivity index (χ3v) is 7.53. The number of nitrogens with zero attached hydrogens (tertiary/aromatic N) is 2. The minimum absolute atomic E-state index is 0.111. The summed E-state index contributed by atoms with van der Waals surface area (Å²) in [5.74, 6) is 0.111. The molecule has 0 amide bonds. The van der Waals surface area contributed by atoms with Crippen LogP contribution in [-0.4, -0.2) is 14.7 Å². The Morgan fingerprint density at radius 1 is 0.600 bits per heavy atom. The van der Waals surface area contributed by atoms with Crippen molar-refractivity contribution in [2.75, 3.05) is 5.32 Å². The monoisotopic (exact) mass is 517 g/mol. The highest BCUT2D eigenvalue weighted by Gasteiger charge is 2.16. The Hall–Kier alpha value is -5.55. The molecule has 8 aromatic rings. The van der Waals surface area contributed by atoms with Crippen molar-refractivity contribution in [3.63, 3.8) is 0 Å². The van der Waals surface area contributed by atoms with Crippen molar-refractivity contribution in [3.8, 4) is 22.7 Å². The minimum atomic E-state index is 0.111. The van der Waals surface area contributed by atoms with Gasteiger partial charge >= 0.3 is 0 Å². The molecule has 0 aliphatic rings. The Morgan fingerprint density at radius 2 is 1.32 bits per heavy atom. The van der Waals surface area contributed by atoms with E-state index in [-0.39, 0.29) is 5.75 Å². The number of hydrogen-bond donors (Lipinski definition) is 2. The van der Waals surface area contributed by atoms with Crippen LogP contribution in [0.3, 0.4) is 0 Å². The maximum absolute atomic E-state index is 10.9. The fourth-order valence-electron chi connectivity index (χ4n) is 5.74. The van der Waals surface area contributed by atoms with Gasteiger partial charge in [-0.1, -0.05) is 66.7 Å². The molecular weight excluding hydrogens is 494 g/mol. The van der Waals surface area contributed by atoms with Crippen molar-refractivity contribution in [2.45, 2.75) is 0 Å². The molecule has 2 N–H and O–H groups in total. The van der Waals surface area contributed by atoms with Crippen LogP contribution in [0, 0.1) is 0 Å². The van der Waals surface area contributed by atoms with Gasteiger partial charge in [0, 0.05) is 45.1 Å². The van der Waals surface area contributed by atoms with Gasteiger partial charge in [-0.2, -0.15) is 0 Å². The highest BCUT2D eigenvalue weighted by molar-refractivity contribution is 6.09. The van der Waals surface area contributed by atoms with Gasteiger partial charge in [0.05, 0.1) is 28.1 Å². The zero-order chi connectivity index (χ0) is 26.6. The average Bonchev–Trinajstić information content (AvgIpc) is 3.53. The summed E-state index contributed by atoms with van der Waals surface area (Å²) in [4.78, 5) is 4.75. The number of benzene rings is 5. The number of anilines is 2. The Labute approximate surface area is 229 Å². The minimum Gasteiger partial charge on any atom is -0.506 e. The SMILES string of the molecule is Oc1cc2oc3ccccc3c2cc1Nc1cccnc1-c1cccc(-n2c3ccccc3c3ccccc32)c1. The second-order valence-corrected chi connectivity index (χ2v) is 9.91. The molecule has 0 fully saturated rings. The van der Waals surface area contributed by atoms with Crippen molar-refractivity contribution < 1.29 is 9.52 Å². The average molecular weight is 518 g/mol. The number of fused-ring (bicyclic) bond motifs is 6. The van der Waals surface area contributed by atoms with Gasteiger partial charge in [-0.3, -0.25) is 4.98 Å². The van der Waals surface area contributed by atoms with Crippen LogP contribution < -0.4 is 5.32 Å². The van der Waals surface area contributed by atoms with Gasteiger partial charge in [0.25, 0.3) is 0 Å². The van der Waals surface area contributed by atoms with Crippen LogP contribution in [0.5, 0.6) is 5.75 Å². The smallest absolute Gasteiger partial charge is 0.142 e. The van der Waals surface area contributed by atoms with Crippen LogP contribution in [0.2, 0.25) is 0 Å². The molecular formula is C35H23N3O2. The molecule has 0 aliphatic carbocycles. The highest BCUT2D eigenvalue weighted by Crippen LogP contribution is 2.39. The molecule has 0 spiro atoms. The summed E-state index contributed by atoms with van der Waals surface area (Å²) in [7, 11) is 0. The van der Waals surface area contributed by atoms with Crippen LogP contribution in [0.15, 0.2) is 132 Å². The van der Waals surface area contributed by atoms with Crippen LogP contribution in [0.4, 0.5) is 11.4 Å². The van der Waals surface area contributed by atoms with E-state index in [1.807, 2.05) is 42.5 Å². The zero-order valence-corrected chi connectivity index (χ0v) is 21.4. The fraction of sp³-hybridized carbons (Fsp3) is 0. The molecule has 0 saturated carbocycles. The molecule has 0 radical (unpaired) electrons. The summed E-state index contributed by atoms with van der Waals surface area (Å²) in [6, 6.07) is 40.8. The summed E-state index contributed by atoms with van der Waals surface area (Å²) >= 11 is 0. The van der Waals surface area contributed by atoms with Gasteiger partial charge < -0.3 is 19.4 Å². The van der Waals surface area contributed by atoms with Gasteiger partial charge in [-0.25, -0.2) is 0 Å². The lowest BCUT2D eigenvalue weighted by molar-refractivity contribution is 0.477. The van der Waals surface area contributed by atoms with E-state index >= 15 is 0 Å². The second-order valence-electron chi connectivity index (χ2n) is 9.91. The number of aromatic hydroxyl groups is 1. The first-order chi connectivity index (χ1) is 19.7. The Balaban J connectivity index is 1.25. The maximum Gasteiger partial charge on any atom is 0.142 e. The summed E-state index contributed by atoms with van der Waals surface area (Å²) in [5, 5.41) is 18.7. The van der Waals surface area contributed by atoms with Gasteiger partial charge in [-0.05, 0) is 48.5 Å². The molecule has 8 rings (SSSR count). The van der Waals surface area contributed by atoms with Gasteiger partial charge in [0.2, 0.25) is 0 Å². The van der Waals surface area contributed by atoms with E-state index in [4.69, 9.17) is 9.40 Å². The molecule has 0 unspecified atom stereocenters. The van der Waals surface area contributed by atoms with Crippen molar-refractivity contribution in [2.24, 2.45) is 0 Å². The molecule has 5 heteroatoms. The van der Waals surface area contributed by atoms with Crippen molar-refractivity contribution in [1.29, 1.82) is 0 Å². The number of phenols is 1. The number of hydrogen-bond acceptors (Lipinski definition) is 4. The molecule has 190 valence electrons. The Bertz CT molecular complexity index is 2170. The normalized spacial score (nSPS) is 11.6. The van der Waals surface area contributed by atoms with Gasteiger partial charge in [0.1, 0.15) is 16.9 Å². The molecule has 0 saturated heterocycles. The summed E-state index contributed by atoms with van der Waals surface area (Å²) in [6.45, 7) is 0. The second kappa shape index (κ2) is 8.75. The predicted molar refractivity (Wildman–Crippen MR) is 163 cm³/mol. The number of phenolic OH excluding ortho intramolecular Hbond substituents is 1. The van der Waals surface area contributed by atoms with E-state index in [0.29, 0.717) is 11.3 Å². The number of para-hydroxylation sites is 3. The van der Waals surface area contributed by atoms with E-state index in [0.717, 1.165) is 50.0 Å². The molecule has 3 aromatic heterocycles. The molecule has 5 nitrogen and oxygen atoms in total. The molecule has 5 aromatic carbocycles. The molecule has 0 atom stereocenters. The van der Waals surface area contributed by atoms with Crippen molar-refractivity contribution in [1.82, 2.24) is 9.55 Å². The van der Waals surface area contributed by atoms with Crippen molar-refractivity contribution >= 4 is 55.1 Å². The van der Waals surface area contributed by atoms with E-state index in [2.05, 4.69) is 82.7 Å². The van der Waals surface area contributed by atoms with E-state index < -0.39 is 0 Å². The number of aromatic nitrogens is 2.